The van der Waals surface area contributed by atoms with E-state index in [2.05, 4.69) is 30.6 Å². The Morgan fingerprint density at radius 2 is 1.05 bits per heavy atom. The Bertz CT molecular complexity index is 2400. The number of benzene rings is 2. The zero-order valence-electron chi connectivity index (χ0n) is 34.0. The molecule has 8 rings (SSSR count). The molecular formula is C45H44F6N8O3. The van der Waals surface area contributed by atoms with Crippen LogP contribution in [0.2, 0.25) is 0 Å². The molecule has 0 bridgehead atoms. The summed E-state index contributed by atoms with van der Waals surface area (Å²) in [7, 11) is 0. The number of anilines is 2. The summed E-state index contributed by atoms with van der Waals surface area (Å²) in [4.78, 5) is 45.8. The molecule has 2 N–H and O–H groups in total. The number of alkyl halides is 6. The number of morpholine rings is 1. The van der Waals surface area contributed by atoms with Crippen LogP contribution in [0.3, 0.4) is 0 Å². The molecule has 2 aromatic carbocycles. The van der Waals surface area contributed by atoms with Gasteiger partial charge in [0.15, 0.2) is 11.3 Å². The lowest BCUT2D eigenvalue weighted by Crippen LogP contribution is -2.37. The highest BCUT2D eigenvalue weighted by Crippen LogP contribution is 2.39. The monoisotopic (exact) mass is 858 g/mol. The summed E-state index contributed by atoms with van der Waals surface area (Å²) in [5.41, 5.74) is 2.57. The van der Waals surface area contributed by atoms with Crippen molar-refractivity contribution in [3.05, 3.63) is 130 Å². The molecule has 0 unspecified atom stereocenters. The van der Waals surface area contributed by atoms with Crippen LogP contribution in [-0.4, -0.2) is 71.1 Å². The molecule has 2 aliphatic heterocycles. The van der Waals surface area contributed by atoms with E-state index in [1.807, 2.05) is 0 Å². The fourth-order valence-electron chi connectivity index (χ4n) is 7.53. The first-order valence-electron chi connectivity index (χ1n) is 20.1. The van der Waals surface area contributed by atoms with Gasteiger partial charge in [0.1, 0.15) is 0 Å². The lowest BCUT2D eigenvalue weighted by atomic mass is 10.0. The number of pyridine rings is 4. The first-order valence-corrected chi connectivity index (χ1v) is 20.1. The van der Waals surface area contributed by atoms with Gasteiger partial charge in [-0.15, -0.1) is 0 Å². The third-order valence-electron chi connectivity index (χ3n) is 10.7. The molecule has 0 radical (unpaired) electrons. The third kappa shape index (κ3) is 10.4. The number of nitrogens with one attached hydrogen (secondary N) is 2. The predicted molar refractivity (Wildman–Crippen MR) is 223 cm³/mol. The van der Waals surface area contributed by atoms with Gasteiger partial charge in [0.2, 0.25) is 0 Å². The lowest BCUT2D eigenvalue weighted by Gasteiger charge is -2.31. The average Bonchev–Trinajstić information content (AvgIpc) is 3.27. The predicted octanol–water partition coefficient (Wildman–Crippen LogP) is 8.60. The smallest absolute Gasteiger partial charge is 0.378 e. The zero-order chi connectivity index (χ0) is 44.0. The average molecular weight is 859 g/mol. The summed E-state index contributed by atoms with van der Waals surface area (Å²) >= 11 is 0. The van der Waals surface area contributed by atoms with Crippen molar-refractivity contribution < 1.29 is 40.7 Å². The second-order valence-electron chi connectivity index (χ2n) is 15.1. The standard InChI is InChI=1S/C23H23F3N4O.C22H21F3N4O2/c1-15-18(13-17-6-5-9-27-21(17)29-15)22(31)28-14-16-7-8-20(19(12-16)23(24,25)26)30-10-3-2-4-11-30;1-14-17(12-16-3-2-6-26-20(16)28-14)21(30)27-13-15-4-5-19(18(11-15)22(23,24)25)29-7-9-31-10-8-29/h5-9,12-13H,2-4,10-11,14H2,1H3,(H,28,31);2-6,11-12H,7-10,13H2,1H3,(H,27,30). The van der Waals surface area contributed by atoms with Crippen molar-refractivity contribution in [2.24, 2.45) is 0 Å². The van der Waals surface area contributed by atoms with Crippen LogP contribution < -0.4 is 20.4 Å². The summed E-state index contributed by atoms with van der Waals surface area (Å²) < 4.78 is 87.5. The maximum Gasteiger partial charge on any atom is 0.418 e. The molecule has 6 heterocycles. The van der Waals surface area contributed by atoms with Crippen molar-refractivity contribution in [1.82, 2.24) is 30.6 Å². The molecule has 0 aliphatic carbocycles. The van der Waals surface area contributed by atoms with Crippen LogP contribution in [0.1, 0.15) is 73.6 Å². The number of aromatic nitrogens is 4. The van der Waals surface area contributed by atoms with E-state index >= 15 is 0 Å². The normalized spacial score (nSPS) is 14.6. The van der Waals surface area contributed by atoms with Crippen LogP contribution in [0, 0.1) is 13.8 Å². The number of halogens is 6. The van der Waals surface area contributed by atoms with Gasteiger partial charge in [0.05, 0.1) is 46.9 Å². The first kappa shape index (κ1) is 43.7. The fourth-order valence-corrected chi connectivity index (χ4v) is 7.53. The van der Waals surface area contributed by atoms with Gasteiger partial charge in [-0.2, -0.15) is 26.3 Å². The van der Waals surface area contributed by atoms with Crippen molar-refractivity contribution in [3.63, 3.8) is 0 Å². The van der Waals surface area contributed by atoms with Crippen LogP contribution in [0.5, 0.6) is 0 Å². The number of ether oxygens (including phenoxy) is 1. The molecule has 2 saturated heterocycles. The van der Waals surface area contributed by atoms with E-state index in [0.717, 1.165) is 36.8 Å². The van der Waals surface area contributed by atoms with Crippen LogP contribution in [0.15, 0.2) is 85.2 Å². The Morgan fingerprint density at radius 3 is 1.48 bits per heavy atom. The number of hydrogen-bond acceptors (Lipinski definition) is 9. The molecule has 0 atom stereocenters. The number of fused-ring (bicyclic) bond motifs is 2. The van der Waals surface area contributed by atoms with E-state index in [0.29, 0.717) is 89.7 Å². The summed E-state index contributed by atoms with van der Waals surface area (Å²) in [5.74, 6) is -0.786. The second-order valence-corrected chi connectivity index (χ2v) is 15.1. The molecule has 2 aliphatic rings. The number of aryl methyl sites for hydroxylation is 2. The number of carbonyl (C=O) groups is 2. The number of piperidine rings is 1. The molecule has 6 aromatic rings. The maximum absolute atomic E-state index is 13.7. The molecule has 62 heavy (non-hydrogen) atoms. The topological polar surface area (TPSA) is 125 Å². The highest BCUT2D eigenvalue weighted by atomic mass is 19.4. The molecule has 11 nitrogen and oxygen atoms in total. The first-order chi connectivity index (χ1) is 29.7. The summed E-state index contributed by atoms with van der Waals surface area (Å²) in [6.45, 7) is 6.21. The van der Waals surface area contributed by atoms with Crippen LogP contribution >= 0.6 is 0 Å². The van der Waals surface area contributed by atoms with E-state index in [1.165, 1.54) is 12.1 Å². The Hall–Kier alpha value is -6.36. The lowest BCUT2D eigenvalue weighted by molar-refractivity contribution is -0.138. The van der Waals surface area contributed by atoms with Crippen molar-refractivity contribution in [3.8, 4) is 0 Å². The van der Waals surface area contributed by atoms with Gasteiger partial charge >= 0.3 is 12.4 Å². The van der Waals surface area contributed by atoms with Gasteiger partial charge in [0.25, 0.3) is 11.8 Å². The van der Waals surface area contributed by atoms with E-state index in [1.54, 1.807) is 84.6 Å². The highest BCUT2D eigenvalue weighted by molar-refractivity contribution is 5.99. The van der Waals surface area contributed by atoms with Gasteiger partial charge in [-0.05, 0) is 105 Å². The van der Waals surface area contributed by atoms with Crippen molar-refractivity contribution in [1.29, 1.82) is 0 Å². The molecule has 17 heteroatoms. The van der Waals surface area contributed by atoms with Crippen LogP contribution in [-0.2, 0) is 30.2 Å². The third-order valence-corrected chi connectivity index (χ3v) is 10.7. The maximum atomic E-state index is 13.7. The van der Waals surface area contributed by atoms with Gasteiger partial charge in [0, 0.05) is 73.8 Å². The SMILES string of the molecule is Cc1nc2ncccc2cc1C(=O)NCc1ccc(N2CCCCC2)c(C(F)(F)F)c1.Cc1nc2ncccc2cc1C(=O)NCc1ccc(N2CCOCC2)c(C(F)(F)F)c1. The molecule has 2 amide bonds. The fraction of sp³-hybridized carbons (Fsp3) is 0.333. The van der Waals surface area contributed by atoms with E-state index in [-0.39, 0.29) is 30.4 Å². The minimum Gasteiger partial charge on any atom is -0.378 e. The highest BCUT2D eigenvalue weighted by Gasteiger charge is 2.37. The van der Waals surface area contributed by atoms with Gasteiger partial charge in [-0.1, -0.05) is 12.1 Å². The Morgan fingerprint density at radius 1 is 0.613 bits per heavy atom. The van der Waals surface area contributed by atoms with Crippen molar-refractivity contribution in [2.75, 3.05) is 49.2 Å². The number of rotatable bonds is 8. The summed E-state index contributed by atoms with van der Waals surface area (Å²) in [6.07, 6.45) is -2.89. The Balaban J connectivity index is 0.000000186. The number of carbonyl (C=O) groups excluding carboxylic acids is 2. The van der Waals surface area contributed by atoms with Crippen molar-refractivity contribution in [2.45, 2.75) is 58.6 Å². The van der Waals surface area contributed by atoms with E-state index in [4.69, 9.17) is 4.74 Å². The molecule has 4 aromatic heterocycles. The summed E-state index contributed by atoms with van der Waals surface area (Å²) in [6, 6.07) is 19.0. The molecule has 324 valence electrons. The molecule has 0 spiro atoms. The number of hydrogen-bond donors (Lipinski definition) is 2. The van der Waals surface area contributed by atoms with Crippen molar-refractivity contribution >= 4 is 45.3 Å². The van der Waals surface area contributed by atoms with E-state index in [9.17, 15) is 35.9 Å². The number of amides is 2. The van der Waals surface area contributed by atoms with E-state index < -0.39 is 29.4 Å². The largest absolute Gasteiger partial charge is 0.418 e. The van der Waals surface area contributed by atoms with Crippen LogP contribution in [0.25, 0.3) is 22.1 Å². The summed E-state index contributed by atoms with van der Waals surface area (Å²) in [5, 5.41) is 6.86. The molecular weight excluding hydrogens is 815 g/mol. The Kier molecular flexibility index (Phi) is 13.2. The second kappa shape index (κ2) is 18.7. The minimum atomic E-state index is -4.50. The van der Waals surface area contributed by atoms with Gasteiger partial charge in [-0.3, -0.25) is 9.59 Å². The van der Waals surface area contributed by atoms with Gasteiger partial charge < -0.3 is 25.2 Å². The van der Waals surface area contributed by atoms with Crippen LogP contribution in [0.4, 0.5) is 37.7 Å². The molecule has 0 saturated carbocycles. The quantitative estimate of drug-likeness (QED) is 0.145. The zero-order valence-corrected chi connectivity index (χ0v) is 34.0. The molecule has 2 fully saturated rings. The van der Waals surface area contributed by atoms with Gasteiger partial charge in [-0.25, -0.2) is 19.9 Å². The number of nitrogens with zero attached hydrogens (tertiary/aromatic N) is 6. The minimum absolute atomic E-state index is 0.00723. The Labute approximate surface area is 353 Å².